The molecule has 0 aliphatic heterocycles. The predicted octanol–water partition coefficient (Wildman–Crippen LogP) is 4.59. The quantitative estimate of drug-likeness (QED) is 0.573. The number of thioether (sulfide) groups is 1. The Kier molecular flexibility index (Phi) is 6.46. The second-order valence-electron chi connectivity index (χ2n) is 5.87. The summed E-state index contributed by atoms with van der Waals surface area (Å²) in [6.45, 7) is 4.60. The monoisotopic (exact) mass is 387 g/mol. The average molecular weight is 388 g/mol. The maximum Gasteiger partial charge on any atom is 0.277 e. The van der Waals surface area contributed by atoms with Gasteiger partial charge in [0.15, 0.2) is 0 Å². The van der Waals surface area contributed by atoms with Gasteiger partial charge in [-0.1, -0.05) is 55.1 Å². The summed E-state index contributed by atoms with van der Waals surface area (Å²) in [6.07, 6.45) is 0.972. The van der Waals surface area contributed by atoms with Crippen LogP contribution in [0, 0.1) is 0 Å². The fourth-order valence-corrected chi connectivity index (χ4v) is 3.90. The van der Waals surface area contributed by atoms with E-state index in [4.69, 9.17) is 4.42 Å². The fraction of sp³-hybridized carbons (Fsp3) is 0.316. The zero-order valence-corrected chi connectivity index (χ0v) is 16.3. The van der Waals surface area contributed by atoms with Crippen LogP contribution in [0.2, 0.25) is 0 Å². The van der Waals surface area contributed by atoms with E-state index in [-0.39, 0.29) is 11.2 Å². The fourth-order valence-electron chi connectivity index (χ4n) is 2.55. The van der Waals surface area contributed by atoms with Crippen molar-refractivity contribution in [1.29, 1.82) is 0 Å². The molecule has 1 N–H and O–H groups in total. The Labute approximate surface area is 161 Å². The third-order valence-corrected chi connectivity index (χ3v) is 5.86. The van der Waals surface area contributed by atoms with Crippen LogP contribution in [-0.2, 0) is 4.79 Å². The van der Waals surface area contributed by atoms with E-state index in [0.29, 0.717) is 23.6 Å². The molecule has 136 valence electrons. The molecule has 7 heteroatoms. The van der Waals surface area contributed by atoms with Gasteiger partial charge in [-0.15, -0.1) is 21.5 Å². The van der Waals surface area contributed by atoms with Crippen LogP contribution >= 0.6 is 23.1 Å². The minimum atomic E-state index is -0.306. The molecule has 0 aliphatic rings. The van der Waals surface area contributed by atoms with E-state index in [1.165, 1.54) is 17.3 Å². The van der Waals surface area contributed by atoms with E-state index < -0.39 is 0 Å². The maximum atomic E-state index is 12.4. The number of benzene rings is 1. The van der Waals surface area contributed by atoms with E-state index in [2.05, 4.69) is 34.6 Å². The van der Waals surface area contributed by atoms with E-state index in [9.17, 15) is 4.79 Å². The molecule has 2 heterocycles. The van der Waals surface area contributed by atoms with Gasteiger partial charge < -0.3 is 9.73 Å². The van der Waals surface area contributed by atoms with Crippen molar-refractivity contribution in [3.05, 3.63) is 53.4 Å². The van der Waals surface area contributed by atoms with Crippen molar-refractivity contribution in [2.24, 2.45) is 0 Å². The molecule has 0 saturated heterocycles. The second-order valence-corrected chi connectivity index (χ2v) is 8.11. The first kappa shape index (κ1) is 18.7. The third-order valence-electron chi connectivity index (χ3n) is 4.07. The molecule has 26 heavy (non-hydrogen) atoms. The van der Waals surface area contributed by atoms with Crippen molar-refractivity contribution < 1.29 is 9.21 Å². The zero-order valence-electron chi connectivity index (χ0n) is 14.7. The Balaban J connectivity index is 1.53. The van der Waals surface area contributed by atoms with Gasteiger partial charge in [0.1, 0.15) is 0 Å². The van der Waals surface area contributed by atoms with Gasteiger partial charge in [-0.05, 0) is 30.4 Å². The first-order valence-corrected chi connectivity index (χ1v) is 10.3. The molecule has 2 aromatic heterocycles. The van der Waals surface area contributed by atoms with E-state index in [1.54, 1.807) is 11.3 Å². The van der Waals surface area contributed by atoms with Gasteiger partial charge >= 0.3 is 0 Å². The molecule has 3 rings (SSSR count). The summed E-state index contributed by atoms with van der Waals surface area (Å²) in [7, 11) is 0. The molecule has 0 saturated carbocycles. The lowest BCUT2D eigenvalue weighted by Gasteiger charge is -2.17. The SMILES string of the molecule is CC[C@H](CNC(=O)[C@H](C)Sc1nnc(-c2cccs2)o1)c1ccccc1. The second kappa shape index (κ2) is 9.00. The van der Waals surface area contributed by atoms with Crippen molar-refractivity contribution in [1.82, 2.24) is 15.5 Å². The van der Waals surface area contributed by atoms with Crippen LogP contribution in [0.15, 0.2) is 57.5 Å². The molecule has 0 fully saturated rings. The lowest BCUT2D eigenvalue weighted by molar-refractivity contribution is -0.120. The van der Waals surface area contributed by atoms with Gasteiger partial charge in [-0.25, -0.2) is 0 Å². The topological polar surface area (TPSA) is 68.0 Å². The number of aromatic nitrogens is 2. The number of nitrogens with zero attached hydrogens (tertiary/aromatic N) is 2. The summed E-state index contributed by atoms with van der Waals surface area (Å²) < 4.78 is 5.64. The highest BCUT2D eigenvalue weighted by atomic mass is 32.2. The van der Waals surface area contributed by atoms with Crippen molar-refractivity contribution >= 4 is 29.0 Å². The molecule has 0 spiro atoms. The van der Waals surface area contributed by atoms with Gasteiger partial charge in [-0.2, -0.15) is 0 Å². The Morgan fingerprint density at radius 1 is 1.23 bits per heavy atom. The van der Waals surface area contributed by atoms with Gasteiger partial charge in [0.2, 0.25) is 5.91 Å². The van der Waals surface area contributed by atoms with Crippen molar-refractivity contribution in [3.63, 3.8) is 0 Å². The zero-order chi connectivity index (χ0) is 18.4. The smallest absolute Gasteiger partial charge is 0.277 e. The number of nitrogens with one attached hydrogen (secondary N) is 1. The molecule has 1 amide bonds. The molecular formula is C19H21N3O2S2. The largest absolute Gasteiger partial charge is 0.410 e. The van der Waals surface area contributed by atoms with Crippen molar-refractivity contribution in [3.8, 4) is 10.8 Å². The van der Waals surface area contributed by atoms with Crippen LogP contribution in [-0.4, -0.2) is 27.9 Å². The van der Waals surface area contributed by atoms with Crippen molar-refractivity contribution in [2.45, 2.75) is 36.7 Å². The Morgan fingerprint density at radius 3 is 2.73 bits per heavy atom. The van der Waals surface area contributed by atoms with Crippen LogP contribution in [0.3, 0.4) is 0 Å². The highest BCUT2D eigenvalue weighted by molar-refractivity contribution is 8.00. The van der Waals surface area contributed by atoms with Crippen LogP contribution in [0.1, 0.15) is 31.7 Å². The minimum absolute atomic E-state index is 0.0275. The highest BCUT2D eigenvalue weighted by Gasteiger charge is 2.20. The molecule has 5 nitrogen and oxygen atoms in total. The van der Waals surface area contributed by atoms with Gasteiger partial charge in [0.05, 0.1) is 10.1 Å². The first-order chi connectivity index (χ1) is 12.7. The van der Waals surface area contributed by atoms with Crippen LogP contribution in [0.25, 0.3) is 10.8 Å². The summed E-state index contributed by atoms with van der Waals surface area (Å²) in [5.74, 6) is 0.775. The Hall–Kier alpha value is -2.12. The highest BCUT2D eigenvalue weighted by Crippen LogP contribution is 2.28. The van der Waals surface area contributed by atoms with Gasteiger partial charge in [0.25, 0.3) is 11.1 Å². The Morgan fingerprint density at radius 2 is 2.04 bits per heavy atom. The van der Waals surface area contributed by atoms with Gasteiger partial charge in [-0.3, -0.25) is 4.79 Å². The minimum Gasteiger partial charge on any atom is -0.410 e. The molecular weight excluding hydrogens is 366 g/mol. The summed E-state index contributed by atoms with van der Waals surface area (Å²) in [5, 5.41) is 13.2. The summed E-state index contributed by atoms with van der Waals surface area (Å²) >= 11 is 2.82. The molecule has 1 aromatic carbocycles. The Bertz CT molecular complexity index is 818. The molecule has 0 radical (unpaired) electrons. The summed E-state index contributed by atoms with van der Waals surface area (Å²) in [5.41, 5.74) is 1.24. The number of carbonyl (C=O) groups is 1. The molecule has 2 atom stereocenters. The van der Waals surface area contributed by atoms with E-state index in [1.807, 2.05) is 42.6 Å². The number of amides is 1. The van der Waals surface area contributed by atoms with Crippen molar-refractivity contribution in [2.75, 3.05) is 6.54 Å². The predicted molar refractivity (Wildman–Crippen MR) is 105 cm³/mol. The number of hydrogen-bond donors (Lipinski definition) is 1. The average Bonchev–Trinajstić information content (AvgIpc) is 3.34. The van der Waals surface area contributed by atoms with E-state index >= 15 is 0 Å². The van der Waals surface area contributed by atoms with E-state index in [0.717, 1.165) is 11.3 Å². The summed E-state index contributed by atoms with van der Waals surface area (Å²) in [4.78, 5) is 13.3. The lowest BCUT2D eigenvalue weighted by Crippen LogP contribution is -2.34. The first-order valence-electron chi connectivity index (χ1n) is 8.54. The molecule has 3 aromatic rings. The normalized spacial score (nSPS) is 13.3. The lowest BCUT2D eigenvalue weighted by atomic mass is 9.96. The molecule has 0 bridgehead atoms. The molecule has 0 unspecified atom stereocenters. The number of hydrogen-bond acceptors (Lipinski definition) is 6. The summed E-state index contributed by atoms with van der Waals surface area (Å²) in [6, 6.07) is 14.1. The van der Waals surface area contributed by atoms with Crippen LogP contribution in [0.5, 0.6) is 0 Å². The number of rotatable bonds is 8. The molecule has 0 aliphatic carbocycles. The number of carbonyl (C=O) groups excluding carboxylic acids is 1. The van der Waals surface area contributed by atoms with Gasteiger partial charge in [0, 0.05) is 12.5 Å². The van der Waals surface area contributed by atoms with Crippen LogP contribution < -0.4 is 5.32 Å². The number of thiophene rings is 1. The maximum absolute atomic E-state index is 12.4. The van der Waals surface area contributed by atoms with Crippen LogP contribution in [0.4, 0.5) is 0 Å². The third kappa shape index (κ3) is 4.74. The standard InChI is InChI=1S/C19H21N3O2S2/c1-3-14(15-8-5-4-6-9-15)12-20-17(23)13(2)26-19-22-21-18(24-19)16-10-7-11-25-16/h4-11,13-14H,3,12H2,1-2H3,(H,20,23)/t13-,14+/m0/s1.